The predicted octanol–water partition coefficient (Wildman–Crippen LogP) is 3.01. The van der Waals surface area contributed by atoms with Crippen LogP contribution in [0.1, 0.15) is 19.3 Å². The fourth-order valence-corrected chi connectivity index (χ4v) is 2.63. The first kappa shape index (κ1) is 11.9. The summed E-state index contributed by atoms with van der Waals surface area (Å²) in [5.74, 6) is 0.840. The zero-order valence-corrected chi connectivity index (χ0v) is 11.1. The van der Waals surface area contributed by atoms with Crippen LogP contribution < -0.4 is 10.6 Å². The second-order valence-electron chi connectivity index (χ2n) is 4.51. The lowest BCUT2D eigenvalue weighted by Crippen LogP contribution is -2.19. The second-order valence-corrected chi connectivity index (χ2v) is 5.42. The number of hydrogen-bond acceptors (Lipinski definition) is 2. The highest BCUT2D eigenvalue weighted by Gasteiger charge is 2.21. The van der Waals surface area contributed by atoms with Gasteiger partial charge in [-0.1, -0.05) is 15.9 Å². The molecular weight excluding hydrogens is 264 g/mol. The molecule has 1 fully saturated rings. The quantitative estimate of drug-likeness (QED) is 0.920. The number of hydrogen-bond donors (Lipinski definition) is 1. The highest BCUT2D eigenvalue weighted by Crippen LogP contribution is 2.27. The molecule has 1 aromatic rings. The largest absolute Gasteiger partial charge is 0.371 e. The maximum Gasteiger partial charge on any atom is 0.0367 e. The van der Waals surface area contributed by atoms with Crippen LogP contribution in [-0.2, 0) is 0 Å². The molecule has 88 valence electrons. The zero-order chi connectivity index (χ0) is 11.4. The maximum absolute atomic E-state index is 5.55. The van der Waals surface area contributed by atoms with Crippen LogP contribution in [0.3, 0.4) is 0 Å². The van der Waals surface area contributed by atoms with Crippen LogP contribution in [-0.4, -0.2) is 19.6 Å². The van der Waals surface area contributed by atoms with E-state index in [0.29, 0.717) is 0 Å². The van der Waals surface area contributed by atoms with E-state index in [-0.39, 0.29) is 0 Å². The van der Waals surface area contributed by atoms with Crippen LogP contribution in [0.2, 0.25) is 0 Å². The van der Waals surface area contributed by atoms with Gasteiger partial charge < -0.3 is 10.6 Å². The minimum Gasteiger partial charge on any atom is -0.371 e. The average Bonchev–Trinajstić information content (AvgIpc) is 2.76. The highest BCUT2D eigenvalue weighted by atomic mass is 79.9. The van der Waals surface area contributed by atoms with Gasteiger partial charge in [-0.05, 0) is 56.0 Å². The average molecular weight is 283 g/mol. The summed E-state index contributed by atoms with van der Waals surface area (Å²) >= 11 is 3.47. The fraction of sp³-hybridized carbons (Fsp3) is 0.538. The van der Waals surface area contributed by atoms with E-state index in [0.717, 1.165) is 16.9 Å². The molecule has 0 saturated carbocycles. The summed E-state index contributed by atoms with van der Waals surface area (Å²) in [6.07, 6.45) is 3.76. The maximum atomic E-state index is 5.55. The molecule has 1 unspecified atom stereocenters. The molecule has 1 aromatic carbocycles. The van der Waals surface area contributed by atoms with Gasteiger partial charge in [-0.15, -0.1) is 0 Å². The highest BCUT2D eigenvalue weighted by molar-refractivity contribution is 9.10. The summed E-state index contributed by atoms with van der Waals surface area (Å²) in [4.78, 5) is 2.48. The third-order valence-corrected chi connectivity index (χ3v) is 3.82. The van der Waals surface area contributed by atoms with Gasteiger partial charge in [-0.3, -0.25) is 0 Å². The van der Waals surface area contributed by atoms with Gasteiger partial charge >= 0.3 is 0 Å². The Kier molecular flexibility index (Phi) is 4.24. The molecule has 2 rings (SSSR count). The van der Waals surface area contributed by atoms with Crippen molar-refractivity contribution in [2.24, 2.45) is 11.7 Å². The van der Waals surface area contributed by atoms with E-state index in [2.05, 4.69) is 45.1 Å². The van der Waals surface area contributed by atoms with E-state index in [1.165, 1.54) is 38.0 Å². The minimum atomic E-state index is 0.828. The Labute approximate surface area is 106 Å². The van der Waals surface area contributed by atoms with Gasteiger partial charge in [0.25, 0.3) is 0 Å². The van der Waals surface area contributed by atoms with Gasteiger partial charge in [0.1, 0.15) is 0 Å². The SMILES string of the molecule is NCCCC1CCN(c2ccc(Br)cc2)C1. The number of halogens is 1. The summed E-state index contributed by atoms with van der Waals surface area (Å²) in [6.45, 7) is 3.22. The fourth-order valence-electron chi connectivity index (χ4n) is 2.36. The van der Waals surface area contributed by atoms with Gasteiger partial charge in [0.15, 0.2) is 0 Å². The van der Waals surface area contributed by atoms with Crippen molar-refractivity contribution in [3.63, 3.8) is 0 Å². The van der Waals surface area contributed by atoms with E-state index in [1.807, 2.05) is 0 Å². The lowest BCUT2D eigenvalue weighted by molar-refractivity contribution is 0.519. The smallest absolute Gasteiger partial charge is 0.0367 e. The molecule has 1 aliphatic heterocycles. The lowest BCUT2D eigenvalue weighted by atomic mass is 10.0. The lowest BCUT2D eigenvalue weighted by Gasteiger charge is -2.18. The minimum absolute atomic E-state index is 0.828. The molecule has 1 atom stereocenters. The summed E-state index contributed by atoms with van der Waals surface area (Å²) < 4.78 is 1.15. The standard InChI is InChI=1S/C13H19BrN2/c14-12-3-5-13(6-4-12)16-9-7-11(10-16)2-1-8-15/h3-6,11H,1-2,7-10,15H2. The normalized spacial score (nSPS) is 20.4. The Balaban J connectivity index is 1.90. The van der Waals surface area contributed by atoms with Crippen molar-refractivity contribution < 1.29 is 0 Å². The molecular formula is C13H19BrN2. The molecule has 2 nitrogen and oxygen atoms in total. The van der Waals surface area contributed by atoms with Crippen LogP contribution >= 0.6 is 15.9 Å². The topological polar surface area (TPSA) is 29.3 Å². The van der Waals surface area contributed by atoms with Crippen molar-refractivity contribution in [2.45, 2.75) is 19.3 Å². The predicted molar refractivity (Wildman–Crippen MR) is 72.8 cm³/mol. The Morgan fingerprint density at radius 3 is 2.75 bits per heavy atom. The molecule has 1 saturated heterocycles. The Bertz CT molecular complexity index is 323. The number of anilines is 1. The third kappa shape index (κ3) is 2.98. The van der Waals surface area contributed by atoms with Gasteiger partial charge in [0.05, 0.1) is 0 Å². The molecule has 0 bridgehead atoms. The van der Waals surface area contributed by atoms with Crippen molar-refractivity contribution in [3.05, 3.63) is 28.7 Å². The number of nitrogens with zero attached hydrogens (tertiary/aromatic N) is 1. The monoisotopic (exact) mass is 282 g/mol. The Hall–Kier alpha value is -0.540. The summed E-state index contributed by atoms with van der Waals surface area (Å²) in [5.41, 5.74) is 6.90. The zero-order valence-electron chi connectivity index (χ0n) is 9.53. The first-order chi connectivity index (χ1) is 7.79. The van der Waals surface area contributed by atoms with Crippen LogP contribution in [0, 0.1) is 5.92 Å². The van der Waals surface area contributed by atoms with Crippen molar-refractivity contribution in [1.29, 1.82) is 0 Å². The van der Waals surface area contributed by atoms with Crippen molar-refractivity contribution in [2.75, 3.05) is 24.5 Å². The van der Waals surface area contributed by atoms with Gasteiger partial charge in [-0.25, -0.2) is 0 Å². The molecule has 0 spiro atoms. The Morgan fingerprint density at radius 2 is 2.06 bits per heavy atom. The number of benzene rings is 1. The van der Waals surface area contributed by atoms with Crippen LogP contribution in [0.25, 0.3) is 0 Å². The molecule has 1 heterocycles. The van der Waals surface area contributed by atoms with E-state index in [4.69, 9.17) is 5.73 Å². The molecule has 1 aliphatic rings. The van der Waals surface area contributed by atoms with E-state index in [1.54, 1.807) is 0 Å². The summed E-state index contributed by atoms with van der Waals surface area (Å²) in [7, 11) is 0. The number of rotatable bonds is 4. The van der Waals surface area contributed by atoms with Crippen LogP contribution in [0.4, 0.5) is 5.69 Å². The third-order valence-electron chi connectivity index (χ3n) is 3.29. The van der Waals surface area contributed by atoms with Gasteiger partial charge in [-0.2, -0.15) is 0 Å². The molecule has 0 aliphatic carbocycles. The molecule has 0 radical (unpaired) electrons. The van der Waals surface area contributed by atoms with Crippen molar-refractivity contribution in [3.8, 4) is 0 Å². The van der Waals surface area contributed by atoms with Gasteiger partial charge in [0.2, 0.25) is 0 Å². The second kappa shape index (κ2) is 5.69. The van der Waals surface area contributed by atoms with E-state index < -0.39 is 0 Å². The molecule has 16 heavy (non-hydrogen) atoms. The summed E-state index contributed by atoms with van der Waals surface area (Å²) in [5, 5.41) is 0. The number of nitrogens with two attached hydrogens (primary N) is 1. The van der Waals surface area contributed by atoms with E-state index in [9.17, 15) is 0 Å². The van der Waals surface area contributed by atoms with E-state index >= 15 is 0 Å². The van der Waals surface area contributed by atoms with Crippen molar-refractivity contribution >= 4 is 21.6 Å². The molecule has 3 heteroatoms. The first-order valence-corrected chi connectivity index (χ1v) is 6.79. The molecule has 2 N–H and O–H groups in total. The molecule has 0 aromatic heterocycles. The Morgan fingerprint density at radius 1 is 1.31 bits per heavy atom. The van der Waals surface area contributed by atoms with Gasteiger partial charge in [0, 0.05) is 23.2 Å². The first-order valence-electron chi connectivity index (χ1n) is 6.00. The van der Waals surface area contributed by atoms with Crippen LogP contribution in [0.5, 0.6) is 0 Å². The summed E-state index contributed by atoms with van der Waals surface area (Å²) in [6, 6.07) is 8.61. The molecule has 0 amide bonds. The van der Waals surface area contributed by atoms with Crippen molar-refractivity contribution in [1.82, 2.24) is 0 Å². The van der Waals surface area contributed by atoms with Crippen LogP contribution in [0.15, 0.2) is 28.7 Å².